The highest BCUT2D eigenvalue weighted by atomic mass is 31.1. The average molecular weight is 146 g/mol. The van der Waals surface area contributed by atoms with Crippen molar-refractivity contribution in [3.05, 3.63) is 0 Å². The molecule has 1 unspecified atom stereocenters. The zero-order valence-corrected chi connectivity index (χ0v) is 5.00. The topological polar surface area (TPSA) is 94.8 Å². The Labute approximate surface area is 41.8 Å². The van der Waals surface area contributed by atoms with Crippen molar-refractivity contribution in [2.75, 3.05) is 0 Å². The van der Waals surface area contributed by atoms with E-state index in [-0.39, 0.29) is 0 Å². The molecule has 0 rings (SSSR count). The van der Waals surface area contributed by atoms with Crippen LogP contribution in [0.1, 0.15) is 0 Å². The lowest BCUT2D eigenvalue weighted by Crippen LogP contribution is -1.38. The lowest BCUT2D eigenvalue weighted by atomic mass is 15.8. The van der Waals surface area contributed by atoms with Gasteiger partial charge in [0.05, 0.1) is 0 Å². The van der Waals surface area contributed by atoms with Gasteiger partial charge in [-0.2, -0.15) is 4.89 Å². The van der Waals surface area contributed by atoms with Gasteiger partial charge in [0.15, 0.2) is 0 Å². The molecule has 7 heteroatoms. The average Bonchev–Trinajstić information content (AvgIpc) is 1.33. The van der Waals surface area contributed by atoms with E-state index in [0.29, 0.717) is 0 Å². The molecule has 0 aromatic rings. The molecule has 0 aliphatic heterocycles. The van der Waals surface area contributed by atoms with Gasteiger partial charge in [-0.15, -0.1) is 9.79 Å². The van der Waals surface area contributed by atoms with E-state index in [1.807, 2.05) is 0 Å². The van der Waals surface area contributed by atoms with Crippen molar-refractivity contribution in [1.82, 2.24) is 0 Å². The van der Waals surface area contributed by atoms with E-state index in [9.17, 15) is 0 Å². The Bertz CT molecular complexity index is 53.1. The minimum absolute atomic E-state index is 1.17. The molecular formula is H4O5P2+2. The van der Waals surface area contributed by atoms with E-state index >= 15 is 0 Å². The maximum absolute atomic E-state index is 8.70. The summed E-state index contributed by atoms with van der Waals surface area (Å²) in [5.74, 6) is 0. The summed E-state index contributed by atoms with van der Waals surface area (Å²) >= 11 is 0. The van der Waals surface area contributed by atoms with Gasteiger partial charge in [-0.25, -0.2) is 0 Å². The monoisotopic (exact) mass is 146 g/mol. The molecule has 0 aliphatic rings. The van der Waals surface area contributed by atoms with Gasteiger partial charge in [-0.05, 0) is 4.57 Å². The number of hydrogen-bond acceptors (Lipinski definition) is 2. The van der Waals surface area contributed by atoms with Crippen LogP contribution in [0, 0.1) is 0 Å². The van der Waals surface area contributed by atoms with E-state index in [2.05, 4.69) is 0 Å². The summed E-state index contributed by atoms with van der Waals surface area (Å²) in [6.07, 6.45) is 0. The molecule has 1 atom stereocenters. The second-order valence-corrected chi connectivity index (χ2v) is 1.03. The molecule has 0 spiro atoms. The third-order valence-corrected chi connectivity index (χ3v) is 0. The summed E-state index contributed by atoms with van der Waals surface area (Å²) in [6, 6.07) is 0. The van der Waals surface area contributed by atoms with Crippen molar-refractivity contribution in [2.45, 2.75) is 0 Å². The van der Waals surface area contributed by atoms with Gasteiger partial charge >= 0.3 is 16.9 Å². The summed E-state index contributed by atoms with van der Waals surface area (Å²) in [4.78, 5) is 21.3. The van der Waals surface area contributed by atoms with Crippen LogP contribution >= 0.6 is 16.9 Å². The largest absolute Gasteiger partial charge is 0.692 e. The maximum atomic E-state index is 8.70. The summed E-state index contributed by atoms with van der Waals surface area (Å²) in [5.41, 5.74) is 0. The Morgan fingerprint density at radius 2 is 1.43 bits per heavy atom. The zero-order chi connectivity index (χ0) is 6.28. The molecule has 0 saturated heterocycles. The zero-order valence-electron chi connectivity index (χ0n) is 3.11. The van der Waals surface area contributed by atoms with Crippen LogP contribution in [0.2, 0.25) is 0 Å². The second-order valence-electron chi connectivity index (χ2n) is 0.344. The van der Waals surface area contributed by atoms with Gasteiger partial charge in [0.2, 0.25) is 0 Å². The van der Waals surface area contributed by atoms with Crippen LogP contribution < -0.4 is 0 Å². The third-order valence-electron chi connectivity index (χ3n) is 0. The summed E-state index contributed by atoms with van der Waals surface area (Å²) in [5, 5.41) is 0. The van der Waals surface area contributed by atoms with Gasteiger partial charge < -0.3 is 0 Å². The van der Waals surface area contributed by atoms with Crippen molar-refractivity contribution >= 4 is 16.9 Å². The lowest BCUT2D eigenvalue weighted by Gasteiger charge is -1.34. The number of rotatable bonds is 0. The van der Waals surface area contributed by atoms with Gasteiger partial charge in [0, 0.05) is 4.57 Å². The first-order valence-corrected chi connectivity index (χ1v) is 3.03. The minimum Gasteiger partial charge on any atom is -0.162 e. The van der Waals surface area contributed by atoms with E-state index in [1.54, 1.807) is 0 Å². The van der Waals surface area contributed by atoms with Crippen LogP contribution in [0.5, 0.6) is 0 Å². The lowest BCUT2D eigenvalue weighted by molar-refractivity contribution is 0.405. The van der Waals surface area contributed by atoms with Crippen LogP contribution in [0.3, 0.4) is 0 Å². The SMILES string of the molecule is O=[P+](O)O.O=[PH+]O. The first-order chi connectivity index (χ1) is 3.15. The normalized spacial score (nSPS) is 6.71. The molecule has 3 N–H and O–H groups in total. The Morgan fingerprint density at radius 1 is 1.43 bits per heavy atom. The van der Waals surface area contributed by atoms with Crippen LogP contribution in [0.15, 0.2) is 0 Å². The fraction of sp³-hybridized carbons (Fsp3) is 0. The fourth-order valence-corrected chi connectivity index (χ4v) is 0. The Morgan fingerprint density at radius 3 is 1.43 bits per heavy atom. The van der Waals surface area contributed by atoms with Gasteiger partial charge in [0.1, 0.15) is 0 Å². The number of hydrogen-bond donors (Lipinski definition) is 3. The summed E-state index contributed by atoms with van der Waals surface area (Å²) in [6.45, 7) is 0. The molecule has 0 bridgehead atoms. The van der Waals surface area contributed by atoms with Crippen molar-refractivity contribution in [3.63, 3.8) is 0 Å². The van der Waals surface area contributed by atoms with Crippen molar-refractivity contribution in [3.8, 4) is 0 Å². The molecule has 42 valence electrons. The van der Waals surface area contributed by atoms with Crippen LogP contribution in [-0.2, 0) is 9.13 Å². The highest BCUT2D eigenvalue weighted by Gasteiger charge is 1.93. The second kappa shape index (κ2) is 9.43. The van der Waals surface area contributed by atoms with Gasteiger partial charge in [-0.1, -0.05) is 0 Å². The van der Waals surface area contributed by atoms with Crippen LogP contribution in [0.25, 0.3) is 0 Å². The highest BCUT2D eigenvalue weighted by Crippen LogP contribution is 1.98. The summed E-state index contributed by atoms with van der Waals surface area (Å²) in [7, 11) is -4.04. The molecule has 7 heavy (non-hydrogen) atoms. The molecule has 5 nitrogen and oxygen atoms in total. The predicted octanol–water partition coefficient (Wildman–Crippen LogP) is -0.454. The molecule has 0 aromatic heterocycles. The van der Waals surface area contributed by atoms with E-state index in [1.165, 1.54) is 0 Å². The predicted molar refractivity (Wildman–Crippen MR) is 23.3 cm³/mol. The first kappa shape index (κ1) is 10.1. The molecule has 0 aliphatic carbocycles. The highest BCUT2D eigenvalue weighted by molar-refractivity contribution is 7.30. The quantitative estimate of drug-likeness (QED) is 0.402. The minimum atomic E-state index is -2.87. The Hall–Kier alpha value is 0.0800. The van der Waals surface area contributed by atoms with Crippen LogP contribution in [0.4, 0.5) is 0 Å². The van der Waals surface area contributed by atoms with Crippen molar-refractivity contribution < 1.29 is 23.8 Å². The first-order valence-electron chi connectivity index (χ1n) is 1.01. The van der Waals surface area contributed by atoms with Crippen molar-refractivity contribution in [1.29, 1.82) is 0 Å². The van der Waals surface area contributed by atoms with E-state index < -0.39 is 16.9 Å². The van der Waals surface area contributed by atoms with Crippen LogP contribution in [-0.4, -0.2) is 14.7 Å². The fourth-order valence-electron chi connectivity index (χ4n) is 0. The van der Waals surface area contributed by atoms with Gasteiger partial charge in [0.25, 0.3) is 0 Å². The van der Waals surface area contributed by atoms with E-state index in [0.717, 1.165) is 0 Å². The van der Waals surface area contributed by atoms with Crippen molar-refractivity contribution in [2.24, 2.45) is 0 Å². The standard InChI is InChI=1S/HO3P.HO2P/c1-4(2)3;1-3-2/h(H-,1,2,3);3H/p+2. The molecule has 0 fully saturated rings. The summed E-state index contributed by atoms with van der Waals surface area (Å²) < 4.78 is 17.2. The molecule has 0 radical (unpaired) electrons. The smallest absolute Gasteiger partial charge is 0.162 e. The Balaban J connectivity index is 0. The maximum Gasteiger partial charge on any atom is 0.692 e. The molecule has 0 heterocycles. The van der Waals surface area contributed by atoms with Gasteiger partial charge in [-0.3, -0.25) is 0 Å². The molecule has 0 amide bonds. The Kier molecular flexibility index (Phi) is 13.7. The molecule has 0 saturated carbocycles. The third kappa shape index (κ3) is 15800. The van der Waals surface area contributed by atoms with E-state index in [4.69, 9.17) is 23.8 Å². The molecule has 0 aromatic carbocycles. The molecular weight excluding hydrogens is 142 g/mol.